The Labute approximate surface area is 247 Å². The van der Waals surface area contributed by atoms with Gasteiger partial charge in [0.05, 0.1) is 11.7 Å². The van der Waals surface area contributed by atoms with Gasteiger partial charge in [0.1, 0.15) is 0 Å². The minimum absolute atomic E-state index is 0.00704. The van der Waals surface area contributed by atoms with E-state index in [9.17, 15) is 14.7 Å². The summed E-state index contributed by atoms with van der Waals surface area (Å²) in [7, 11) is 5.30. The minimum atomic E-state index is -0.00704. The maximum Gasteiger partial charge on any atom is 0.227 e. The van der Waals surface area contributed by atoms with Crippen LogP contribution < -0.4 is 5.32 Å². The van der Waals surface area contributed by atoms with Crippen LogP contribution in [0.4, 0.5) is 0 Å². The van der Waals surface area contributed by atoms with E-state index in [2.05, 4.69) is 16.3 Å². The molecule has 0 spiro atoms. The molecule has 232 valence electrons. The Hall–Kier alpha value is -1.90. The van der Waals surface area contributed by atoms with Gasteiger partial charge in [0.25, 0.3) is 0 Å². The Morgan fingerprint density at radius 3 is 2.59 bits per heavy atom. The zero-order valence-electron chi connectivity index (χ0n) is 25.8. The molecule has 2 N–H and O–H groups in total. The Morgan fingerprint density at radius 1 is 1.07 bits per heavy atom. The topological polar surface area (TPSA) is 91.3 Å². The number of carbonyl (C=O) groups excluding carboxylic acids is 2. The van der Waals surface area contributed by atoms with Crippen LogP contribution in [0.3, 0.4) is 0 Å². The molecule has 0 aromatic carbocycles. The van der Waals surface area contributed by atoms with Crippen molar-refractivity contribution in [3.05, 3.63) is 23.6 Å². The van der Waals surface area contributed by atoms with Crippen LogP contribution in [-0.2, 0) is 19.1 Å². The van der Waals surface area contributed by atoms with Gasteiger partial charge in [0.2, 0.25) is 11.8 Å². The fourth-order valence-corrected chi connectivity index (χ4v) is 7.31. The number of methoxy groups -OCH3 is 2. The predicted molar refractivity (Wildman–Crippen MR) is 161 cm³/mol. The highest BCUT2D eigenvalue weighted by atomic mass is 16.5. The number of ether oxygens (including phenoxy) is 2. The third kappa shape index (κ3) is 9.29. The number of aliphatic hydroxyl groups is 1. The van der Waals surface area contributed by atoms with Gasteiger partial charge >= 0.3 is 0 Å². The van der Waals surface area contributed by atoms with Crippen LogP contribution in [0, 0.1) is 29.6 Å². The van der Waals surface area contributed by atoms with Gasteiger partial charge in [-0.25, -0.2) is 0 Å². The summed E-state index contributed by atoms with van der Waals surface area (Å²) >= 11 is 0. The van der Waals surface area contributed by atoms with Gasteiger partial charge in [-0.15, -0.1) is 0 Å². The van der Waals surface area contributed by atoms with E-state index in [1.807, 2.05) is 13.2 Å². The number of carbonyl (C=O) groups is 2. The second-order valence-corrected chi connectivity index (χ2v) is 13.0. The lowest BCUT2D eigenvalue weighted by Gasteiger charge is -2.39. The summed E-state index contributed by atoms with van der Waals surface area (Å²) in [6, 6.07) is 0.319. The number of nitrogens with zero attached hydrogens (tertiary/aromatic N) is 2. The highest BCUT2D eigenvalue weighted by Crippen LogP contribution is 2.40. The molecule has 0 radical (unpaired) electrons. The first-order chi connectivity index (χ1) is 19.9. The number of piperidine rings is 1. The Balaban J connectivity index is 1.39. The molecule has 2 aliphatic heterocycles. The molecule has 4 aliphatic rings. The highest BCUT2D eigenvalue weighted by Gasteiger charge is 2.42. The van der Waals surface area contributed by atoms with Crippen molar-refractivity contribution < 1.29 is 24.2 Å². The standard InChI is InChI=1S/C33H55N3O5/c1-35-16-14-24(21-31(35)37)7-4-9-26-13-15-34-22-30(26)33(39)36(29-11-12-29)23-28-20-25(8-5-17-40-2)19-27(32(28)38)10-6-18-41-3/h14,16,24-26,28-30,34,38H,4-13,15,17-23H2,1-3H3/t24?,25?,26?,28?,30-/m0/s1. The smallest absolute Gasteiger partial charge is 0.227 e. The molecule has 2 heterocycles. The number of hydrogen-bond donors (Lipinski definition) is 2. The average molecular weight is 574 g/mol. The maximum atomic E-state index is 14.2. The van der Waals surface area contributed by atoms with Crippen LogP contribution in [-0.4, -0.2) is 86.9 Å². The molecular weight excluding hydrogens is 518 g/mol. The van der Waals surface area contributed by atoms with Crippen molar-refractivity contribution in [2.24, 2.45) is 29.6 Å². The second-order valence-electron chi connectivity index (χ2n) is 13.0. The molecule has 1 saturated heterocycles. The van der Waals surface area contributed by atoms with Crippen LogP contribution in [0.5, 0.6) is 0 Å². The first kappa shape index (κ1) is 32.0. The first-order valence-corrected chi connectivity index (χ1v) is 16.2. The fourth-order valence-electron chi connectivity index (χ4n) is 7.31. The third-order valence-electron chi connectivity index (χ3n) is 9.88. The maximum absolute atomic E-state index is 14.2. The molecule has 8 nitrogen and oxygen atoms in total. The molecule has 1 saturated carbocycles. The molecule has 0 aromatic rings. The Morgan fingerprint density at radius 2 is 1.85 bits per heavy atom. The van der Waals surface area contributed by atoms with Crippen LogP contribution in [0.1, 0.15) is 83.5 Å². The van der Waals surface area contributed by atoms with Crippen molar-refractivity contribution in [1.29, 1.82) is 0 Å². The monoisotopic (exact) mass is 573 g/mol. The average Bonchev–Trinajstić information content (AvgIpc) is 3.81. The number of allylic oxidation sites excluding steroid dienone is 2. The van der Waals surface area contributed by atoms with Gasteiger partial charge in [0.15, 0.2) is 0 Å². The molecular formula is C33H55N3O5. The first-order valence-electron chi connectivity index (χ1n) is 16.2. The van der Waals surface area contributed by atoms with Gasteiger partial charge in [0, 0.05) is 72.2 Å². The molecule has 5 atom stereocenters. The summed E-state index contributed by atoms with van der Waals surface area (Å²) in [5, 5.41) is 14.9. The molecule has 2 amide bonds. The molecule has 0 aromatic heterocycles. The number of hydrogen-bond acceptors (Lipinski definition) is 6. The number of aliphatic hydroxyl groups excluding tert-OH is 1. The number of rotatable bonds is 16. The summed E-state index contributed by atoms with van der Waals surface area (Å²) < 4.78 is 10.6. The van der Waals surface area contributed by atoms with E-state index in [0.29, 0.717) is 49.1 Å². The SMILES string of the molecule is COCCCC1=C(O)C(CN(C(=O)[C@H]2CNCCC2CCCC2C=CN(C)C(=O)C2)C2CC2)CC(CCCOC)C1. The normalized spacial score (nSPS) is 28.8. The highest BCUT2D eigenvalue weighted by molar-refractivity contribution is 5.80. The zero-order valence-corrected chi connectivity index (χ0v) is 25.8. The van der Waals surface area contributed by atoms with E-state index >= 15 is 0 Å². The van der Waals surface area contributed by atoms with Crippen molar-refractivity contribution in [3.63, 3.8) is 0 Å². The lowest BCUT2D eigenvalue weighted by atomic mass is 9.77. The largest absolute Gasteiger partial charge is 0.512 e. The molecule has 0 bridgehead atoms. The summed E-state index contributed by atoms with van der Waals surface area (Å²) in [6.45, 7) is 3.81. The third-order valence-corrected chi connectivity index (χ3v) is 9.88. The summed E-state index contributed by atoms with van der Waals surface area (Å²) in [6.07, 6.45) is 16.7. The number of amides is 2. The van der Waals surface area contributed by atoms with Gasteiger partial charge in [-0.3, -0.25) is 9.59 Å². The Bertz CT molecular complexity index is 917. The summed E-state index contributed by atoms with van der Waals surface area (Å²) in [5.41, 5.74) is 1.17. The van der Waals surface area contributed by atoms with Gasteiger partial charge in [-0.05, 0) is 101 Å². The molecule has 2 aliphatic carbocycles. The summed E-state index contributed by atoms with van der Waals surface area (Å²) in [5.74, 6) is 2.23. The van der Waals surface area contributed by atoms with E-state index in [-0.39, 0.29) is 23.7 Å². The van der Waals surface area contributed by atoms with E-state index in [1.165, 1.54) is 5.57 Å². The van der Waals surface area contributed by atoms with E-state index < -0.39 is 0 Å². The molecule has 8 heteroatoms. The Kier molecular flexibility index (Phi) is 12.6. The molecule has 4 unspecified atom stereocenters. The molecule has 4 rings (SSSR count). The van der Waals surface area contributed by atoms with Gasteiger partial charge < -0.3 is 29.7 Å². The van der Waals surface area contributed by atoms with Crippen molar-refractivity contribution >= 4 is 11.8 Å². The molecule has 41 heavy (non-hydrogen) atoms. The van der Waals surface area contributed by atoms with Gasteiger partial charge in [-0.1, -0.05) is 12.5 Å². The second kappa shape index (κ2) is 16.1. The lowest BCUT2D eigenvalue weighted by Crippen LogP contribution is -2.49. The summed E-state index contributed by atoms with van der Waals surface area (Å²) in [4.78, 5) is 30.1. The quantitative estimate of drug-likeness (QED) is 0.251. The van der Waals surface area contributed by atoms with Crippen LogP contribution in [0.2, 0.25) is 0 Å². The zero-order chi connectivity index (χ0) is 29.2. The molecule has 2 fully saturated rings. The van der Waals surface area contributed by atoms with E-state index in [0.717, 1.165) is 96.7 Å². The van der Waals surface area contributed by atoms with Crippen LogP contribution >= 0.6 is 0 Å². The van der Waals surface area contributed by atoms with Crippen molar-refractivity contribution in [2.75, 3.05) is 54.1 Å². The number of nitrogens with one attached hydrogen (secondary N) is 1. The fraction of sp³-hybridized carbons (Fsp3) is 0.818. The lowest BCUT2D eigenvalue weighted by molar-refractivity contribution is -0.139. The van der Waals surface area contributed by atoms with Crippen LogP contribution in [0.25, 0.3) is 0 Å². The predicted octanol–water partition coefficient (Wildman–Crippen LogP) is 5.06. The minimum Gasteiger partial charge on any atom is -0.512 e. The van der Waals surface area contributed by atoms with Crippen molar-refractivity contribution in [2.45, 2.75) is 89.5 Å². The van der Waals surface area contributed by atoms with Crippen molar-refractivity contribution in [3.8, 4) is 0 Å². The van der Waals surface area contributed by atoms with Crippen LogP contribution in [0.15, 0.2) is 23.6 Å². The van der Waals surface area contributed by atoms with E-state index in [4.69, 9.17) is 9.47 Å². The van der Waals surface area contributed by atoms with Crippen molar-refractivity contribution in [1.82, 2.24) is 15.1 Å². The van der Waals surface area contributed by atoms with E-state index in [1.54, 1.807) is 19.1 Å². The van der Waals surface area contributed by atoms with Gasteiger partial charge in [-0.2, -0.15) is 0 Å².